The SMILES string of the molecule is CCNC(=NCCN1CCN(C(=O)C2CCC2)CC1)NCCNC(=O)C1CC1.I. The Bertz CT molecular complexity index is 557. The van der Waals surface area contributed by atoms with Gasteiger partial charge in [0.25, 0.3) is 0 Å². The van der Waals surface area contributed by atoms with Gasteiger partial charge >= 0.3 is 0 Å². The van der Waals surface area contributed by atoms with Gasteiger partial charge in [0, 0.05) is 64.2 Å². The number of guanidine groups is 1. The first kappa shape index (κ1) is 24.2. The number of hydrogen-bond donors (Lipinski definition) is 3. The van der Waals surface area contributed by atoms with Crippen LogP contribution >= 0.6 is 24.0 Å². The summed E-state index contributed by atoms with van der Waals surface area (Å²) < 4.78 is 0. The maximum Gasteiger partial charge on any atom is 0.225 e. The first-order valence-corrected chi connectivity index (χ1v) is 11.0. The number of amides is 2. The van der Waals surface area contributed by atoms with Crippen LogP contribution in [0.2, 0.25) is 0 Å². The van der Waals surface area contributed by atoms with Crippen LogP contribution in [-0.4, -0.2) is 86.5 Å². The predicted octanol–water partition coefficient (Wildman–Crippen LogP) is 0.630. The lowest BCUT2D eigenvalue weighted by molar-refractivity contribution is -0.139. The molecule has 0 bridgehead atoms. The normalized spacial score (nSPS) is 20.4. The van der Waals surface area contributed by atoms with Crippen molar-refractivity contribution in [2.75, 3.05) is 58.9 Å². The molecule has 0 aromatic rings. The Morgan fingerprint density at radius 1 is 0.931 bits per heavy atom. The monoisotopic (exact) mass is 520 g/mol. The Morgan fingerprint density at radius 2 is 1.62 bits per heavy atom. The largest absolute Gasteiger partial charge is 0.357 e. The molecule has 2 saturated carbocycles. The van der Waals surface area contributed by atoms with Crippen LogP contribution in [0.3, 0.4) is 0 Å². The lowest BCUT2D eigenvalue weighted by atomic mass is 9.84. The van der Waals surface area contributed by atoms with E-state index >= 15 is 0 Å². The third kappa shape index (κ3) is 7.92. The van der Waals surface area contributed by atoms with Crippen LogP contribution in [0.25, 0.3) is 0 Å². The minimum Gasteiger partial charge on any atom is -0.357 e. The van der Waals surface area contributed by atoms with Crippen molar-refractivity contribution in [2.24, 2.45) is 16.8 Å². The van der Waals surface area contributed by atoms with Gasteiger partial charge in [-0.3, -0.25) is 19.5 Å². The summed E-state index contributed by atoms with van der Waals surface area (Å²) in [6.45, 7) is 9.34. The molecule has 9 heteroatoms. The number of rotatable bonds is 9. The number of halogens is 1. The van der Waals surface area contributed by atoms with Crippen molar-refractivity contribution in [3.63, 3.8) is 0 Å². The van der Waals surface area contributed by atoms with E-state index in [0.29, 0.717) is 24.9 Å². The van der Waals surface area contributed by atoms with Gasteiger partial charge in [-0.25, -0.2) is 0 Å². The number of carbonyl (C=O) groups excluding carboxylic acids is 2. The summed E-state index contributed by atoms with van der Waals surface area (Å²) in [5, 5.41) is 9.47. The zero-order valence-electron chi connectivity index (χ0n) is 17.6. The maximum absolute atomic E-state index is 12.3. The molecule has 1 heterocycles. The molecule has 0 atom stereocenters. The molecule has 0 radical (unpaired) electrons. The van der Waals surface area contributed by atoms with Crippen LogP contribution < -0.4 is 16.0 Å². The second-order valence-electron chi connectivity index (χ2n) is 8.05. The number of carbonyl (C=O) groups is 2. The number of piperazine rings is 1. The van der Waals surface area contributed by atoms with E-state index < -0.39 is 0 Å². The molecule has 3 N–H and O–H groups in total. The highest BCUT2D eigenvalue weighted by Crippen LogP contribution is 2.29. The van der Waals surface area contributed by atoms with E-state index in [-0.39, 0.29) is 35.8 Å². The molecule has 8 nitrogen and oxygen atoms in total. The van der Waals surface area contributed by atoms with E-state index in [1.54, 1.807) is 0 Å². The summed E-state index contributed by atoms with van der Waals surface area (Å²) in [7, 11) is 0. The van der Waals surface area contributed by atoms with Gasteiger partial charge in [-0.2, -0.15) is 0 Å². The summed E-state index contributed by atoms with van der Waals surface area (Å²) in [5.41, 5.74) is 0. The van der Waals surface area contributed by atoms with Crippen LogP contribution in [-0.2, 0) is 9.59 Å². The molecule has 166 valence electrons. The summed E-state index contributed by atoms with van der Waals surface area (Å²) >= 11 is 0. The van der Waals surface area contributed by atoms with E-state index in [1.807, 2.05) is 11.8 Å². The third-order valence-corrected chi connectivity index (χ3v) is 5.83. The van der Waals surface area contributed by atoms with E-state index in [0.717, 1.165) is 77.5 Å². The van der Waals surface area contributed by atoms with Crippen molar-refractivity contribution >= 4 is 41.8 Å². The van der Waals surface area contributed by atoms with Crippen LogP contribution in [0.4, 0.5) is 0 Å². The lowest BCUT2D eigenvalue weighted by Crippen LogP contribution is -2.51. The Morgan fingerprint density at radius 3 is 2.21 bits per heavy atom. The predicted molar refractivity (Wildman–Crippen MR) is 125 cm³/mol. The smallest absolute Gasteiger partial charge is 0.225 e. The highest BCUT2D eigenvalue weighted by atomic mass is 127. The van der Waals surface area contributed by atoms with E-state index in [4.69, 9.17) is 0 Å². The molecule has 3 fully saturated rings. The molecule has 0 spiro atoms. The molecule has 1 aliphatic heterocycles. The summed E-state index contributed by atoms with van der Waals surface area (Å²) in [6, 6.07) is 0. The van der Waals surface area contributed by atoms with E-state index in [9.17, 15) is 9.59 Å². The van der Waals surface area contributed by atoms with E-state index in [1.165, 1.54) is 6.42 Å². The van der Waals surface area contributed by atoms with Crippen molar-refractivity contribution in [3.05, 3.63) is 0 Å². The van der Waals surface area contributed by atoms with Gasteiger partial charge in [-0.05, 0) is 32.6 Å². The van der Waals surface area contributed by atoms with Gasteiger partial charge in [0.15, 0.2) is 5.96 Å². The fourth-order valence-corrected chi connectivity index (χ4v) is 3.61. The molecular weight excluding hydrogens is 483 g/mol. The van der Waals surface area contributed by atoms with Crippen molar-refractivity contribution in [3.8, 4) is 0 Å². The Labute approximate surface area is 191 Å². The highest BCUT2D eigenvalue weighted by Gasteiger charge is 2.31. The summed E-state index contributed by atoms with van der Waals surface area (Å²) in [5.74, 6) is 1.90. The Hall–Kier alpha value is -1.10. The van der Waals surface area contributed by atoms with Crippen molar-refractivity contribution in [1.82, 2.24) is 25.8 Å². The number of aliphatic imine (C=N–C) groups is 1. The van der Waals surface area contributed by atoms with Crippen molar-refractivity contribution in [1.29, 1.82) is 0 Å². The van der Waals surface area contributed by atoms with Crippen molar-refractivity contribution < 1.29 is 9.59 Å². The van der Waals surface area contributed by atoms with Gasteiger partial charge in [-0.15, -0.1) is 24.0 Å². The average molecular weight is 520 g/mol. The number of nitrogens with zero attached hydrogens (tertiary/aromatic N) is 3. The fourth-order valence-electron chi connectivity index (χ4n) is 3.61. The standard InChI is InChI=1S/C20H36N6O2.HI/c1-2-21-20(23-9-8-22-18(27)16-6-7-16)24-10-11-25-12-14-26(15-13-25)19(28)17-4-3-5-17;/h16-17H,2-15H2,1H3,(H,22,27)(H2,21,23,24);1H. The zero-order valence-corrected chi connectivity index (χ0v) is 20.0. The molecular formula is C20H37IN6O2. The van der Waals surface area contributed by atoms with Gasteiger partial charge < -0.3 is 20.9 Å². The third-order valence-electron chi connectivity index (χ3n) is 5.83. The Balaban J connectivity index is 0.00000300. The van der Waals surface area contributed by atoms with Crippen LogP contribution in [0.1, 0.15) is 39.0 Å². The first-order chi connectivity index (χ1) is 13.7. The first-order valence-electron chi connectivity index (χ1n) is 11.0. The fraction of sp³-hybridized carbons (Fsp3) is 0.850. The molecule has 3 aliphatic rings. The number of hydrogen-bond acceptors (Lipinski definition) is 4. The molecule has 2 aliphatic carbocycles. The van der Waals surface area contributed by atoms with E-state index in [2.05, 4.69) is 25.8 Å². The Kier molecular flexibility index (Phi) is 10.5. The van der Waals surface area contributed by atoms with Crippen LogP contribution in [0.15, 0.2) is 4.99 Å². The second kappa shape index (κ2) is 12.6. The zero-order chi connectivity index (χ0) is 19.8. The summed E-state index contributed by atoms with van der Waals surface area (Å²) in [4.78, 5) is 33.0. The summed E-state index contributed by atoms with van der Waals surface area (Å²) in [6.07, 6.45) is 5.44. The minimum atomic E-state index is 0. The molecule has 0 unspecified atom stereocenters. The maximum atomic E-state index is 12.3. The molecule has 2 amide bonds. The minimum absolute atomic E-state index is 0. The van der Waals surface area contributed by atoms with Gasteiger partial charge in [0.2, 0.25) is 11.8 Å². The lowest BCUT2D eigenvalue weighted by Gasteiger charge is -2.38. The van der Waals surface area contributed by atoms with Crippen LogP contribution in [0.5, 0.6) is 0 Å². The molecule has 0 aromatic carbocycles. The molecule has 1 saturated heterocycles. The molecule has 29 heavy (non-hydrogen) atoms. The van der Waals surface area contributed by atoms with Gasteiger partial charge in [-0.1, -0.05) is 6.42 Å². The molecule has 0 aromatic heterocycles. The topological polar surface area (TPSA) is 89.1 Å². The highest BCUT2D eigenvalue weighted by molar-refractivity contribution is 14.0. The van der Waals surface area contributed by atoms with Crippen molar-refractivity contribution in [2.45, 2.75) is 39.0 Å². The van der Waals surface area contributed by atoms with Gasteiger partial charge in [0.05, 0.1) is 6.54 Å². The second-order valence-corrected chi connectivity index (χ2v) is 8.05. The average Bonchev–Trinajstić information content (AvgIpc) is 3.49. The quantitative estimate of drug-likeness (QED) is 0.180. The van der Waals surface area contributed by atoms with Gasteiger partial charge in [0.1, 0.15) is 0 Å². The number of nitrogens with one attached hydrogen (secondary N) is 3. The van der Waals surface area contributed by atoms with Crippen LogP contribution in [0, 0.1) is 11.8 Å². The molecule has 3 rings (SSSR count).